The van der Waals surface area contributed by atoms with Gasteiger partial charge < -0.3 is 15.0 Å². The standard InChI is InChI=1S/C14H16ClN3O2/c1-8(16)10-4-5-12(11(15)6-10)19-7-13-17-14(20-18-13)9-2-3-9/h4-6,8-9H,2-3,7,16H2,1H3/t8-/m1/s1. The second-order valence-corrected chi connectivity index (χ2v) is 5.50. The van der Waals surface area contributed by atoms with Crippen LogP contribution in [0.4, 0.5) is 0 Å². The average molecular weight is 294 g/mol. The molecule has 1 saturated carbocycles. The van der Waals surface area contributed by atoms with Crippen molar-refractivity contribution in [1.29, 1.82) is 0 Å². The lowest BCUT2D eigenvalue weighted by atomic mass is 10.1. The number of halogens is 1. The van der Waals surface area contributed by atoms with E-state index < -0.39 is 0 Å². The van der Waals surface area contributed by atoms with E-state index in [-0.39, 0.29) is 12.6 Å². The van der Waals surface area contributed by atoms with Gasteiger partial charge in [0.1, 0.15) is 5.75 Å². The predicted octanol–water partition coefficient (Wildman–Crippen LogP) is 3.20. The van der Waals surface area contributed by atoms with Crippen LogP contribution in [-0.2, 0) is 6.61 Å². The van der Waals surface area contributed by atoms with Gasteiger partial charge in [-0.25, -0.2) is 0 Å². The number of aromatic nitrogens is 2. The normalized spacial score (nSPS) is 16.1. The molecular formula is C14H16ClN3O2. The van der Waals surface area contributed by atoms with E-state index in [0.717, 1.165) is 18.4 Å². The molecule has 1 aromatic heterocycles. The largest absolute Gasteiger partial charge is 0.484 e. The number of ether oxygens (including phenoxy) is 1. The van der Waals surface area contributed by atoms with Crippen molar-refractivity contribution < 1.29 is 9.26 Å². The molecular weight excluding hydrogens is 278 g/mol. The zero-order valence-electron chi connectivity index (χ0n) is 11.2. The summed E-state index contributed by atoms with van der Waals surface area (Å²) in [6, 6.07) is 5.47. The fourth-order valence-electron chi connectivity index (χ4n) is 1.88. The van der Waals surface area contributed by atoms with Crippen LogP contribution in [0.2, 0.25) is 5.02 Å². The third kappa shape index (κ3) is 2.94. The van der Waals surface area contributed by atoms with Crippen LogP contribution in [0.25, 0.3) is 0 Å². The van der Waals surface area contributed by atoms with Crippen LogP contribution in [0.5, 0.6) is 5.75 Å². The van der Waals surface area contributed by atoms with Crippen molar-refractivity contribution in [1.82, 2.24) is 10.1 Å². The molecule has 0 aliphatic heterocycles. The van der Waals surface area contributed by atoms with Crippen LogP contribution in [0.1, 0.15) is 49.0 Å². The molecule has 1 aliphatic rings. The molecule has 0 amide bonds. The van der Waals surface area contributed by atoms with Crippen LogP contribution in [0.15, 0.2) is 22.7 Å². The predicted molar refractivity (Wildman–Crippen MR) is 74.7 cm³/mol. The minimum Gasteiger partial charge on any atom is -0.484 e. The summed E-state index contributed by atoms with van der Waals surface area (Å²) < 4.78 is 10.8. The Bertz CT molecular complexity index is 608. The number of rotatable bonds is 5. The lowest BCUT2D eigenvalue weighted by Gasteiger charge is -2.10. The van der Waals surface area contributed by atoms with E-state index in [1.54, 1.807) is 0 Å². The van der Waals surface area contributed by atoms with Crippen molar-refractivity contribution in [2.45, 2.75) is 38.3 Å². The van der Waals surface area contributed by atoms with Crippen LogP contribution in [-0.4, -0.2) is 10.1 Å². The topological polar surface area (TPSA) is 74.2 Å². The Kier molecular flexibility index (Phi) is 3.63. The fourth-order valence-corrected chi connectivity index (χ4v) is 2.13. The van der Waals surface area contributed by atoms with Gasteiger partial charge in [0.05, 0.1) is 5.02 Å². The minimum atomic E-state index is -0.0557. The molecule has 20 heavy (non-hydrogen) atoms. The number of hydrogen-bond acceptors (Lipinski definition) is 5. The Labute approximate surface area is 122 Å². The Morgan fingerprint density at radius 2 is 2.30 bits per heavy atom. The first-order valence-corrected chi connectivity index (χ1v) is 7.01. The SMILES string of the molecule is C[C@@H](N)c1ccc(OCc2noc(C3CC3)n2)c(Cl)c1. The highest BCUT2D eigenvalue weighted by atomic mass is 35.5. The number of hydrogen-bond donors (Lipinski definition) is 1. The quantitative estimate of drug-likeness (QED) is 0.916. The molecule has 0 unspecified atom stereocenters. The fraction of sp³-hybridized carbons (Fsp3) is 0.429. The second kappa shape index (κ2) is 5.42. The van der Waals surface area contributed by atoms with Gasteiger partial charge in [-0.1, -0.05) is 22.8 Å². The van der Waals surface area contributed by atoms with Gasteiger partial charge >= 0.3 is 0 Å². The molecule has 106 valence electrons. The molecule has 1 fully saturated rings. The van der Waals surface area contributed by atoms with Crippen molar-refractivity contribution in [3.05, 3.63) is 40.5 Å². The molecule has 6 heteroatoms. The molecule has 0 bridgehead atoms. The molecule has 2 aromatic rings. The van der Waals surface area contributed by atoms with Crippen molar-refractivity contribution in [3.8, 4) is 5.75 Å². The first-order chi connectivity index (χ1) is 9.63. The summed E-state index contributed by atoms with van der Waals surface area (Å²) in [7, 11) is 0. The maximum absolute atomic E-state index is 6.16. The van der Waals surface area contributed by atoms with E-state index in [0.29, 0.717) is 28.4 Å². The summed E-state index contributed by atoms with van der Waals surface area (Å²) >= 11 is 6.16. The molecule has 1 aliphatic carbocycles. The minimum absolute atomic E-state index is 0.0557. The Morgan fingerprint density at radius 3 is 2.95 bits per heavy atom. The van der Waals surface area contributed by atoms with Crippen LogP contribution >= 0.6 is 11.6 Å². The van der Waals surface area contributed by atoms with Crippen LogP contribution in [0, 0.1) is 0 Å². The molecule has 1 aromatic carbocycles. The summed E-state index contributed by atoms with van der Waals surface area (Å²) in [5.41, 5.74) is 6.77. The summed E-state index contributed by atoms with van der Waals surface area (Å²) in [4.78, 5) is 4.30. The van der Waals surface area contributed by atoms with Crippen LogP contribution in [0.3, 0.4) is 0 Å². The van der Waals surface area contributed by atoms with Gasteiger partial charge in [0.25, 0.3) is 0 Å². The number of benzene rings is 1. The molecule has 1 heterocycles. The molecule has 5 nitrogen and oxygen atoms in total. The van der Waals surface area contributed by atoms with Gasteiger partial charge in [-0.3, -0.25) is 0 Å². The second-order valence-electron chi connectivity index (χ2n) is 5.09. The maximum Gasteiger partial charge on any atom is 0.229 e. The monoisotopic (exact) mass is 293 g/mol. The molecule has 2 N–H and O–H groups in total. The van der Waals surface area contributed by atoms with Gasteiger partial charge in [-0.15, -0.1) is 0 Å². The Morgan fingerprint density at radius 1 is 1.50 bits per heavy atom. The highest BCUT2D eigenvalue weighted by molar-refractivity contribution is 6.32. The molecule has 1 atom stereocenters. The van der Waals surface area contributed by atoms with E-state index in [9.17, 15) is 0 Å². The van der Waals surface area contributed by atoms with Gasteiger partial charge in [0.2, 0.25) is 11.7 Å². The molecule has 0 radical (unpaired) electrons. The average Bonchev–Trinajstić information content (AvgIpc) is 3.17. The lowest BCUT2D eigenvalue weighted by Crippen LogP contribution is -2.05. The van der Waals surface area contributed by atoms with Crippen LogP contribution < -0.4 is 10.5 Å². The highest BCUT2D eigenvalue weighted by Gasteiger charge is 2.29. The smallest absolute Gasteiger partial charge is 0.229 e. The third-order valence-electron chi connectivity index (χ3n) is 3.25. The highest BCUT2D eigenvalue weighted by Crippen LogP contribution is 2.38. The summed E-state index contributed by atoms with van der Waals surface area (Å²) in [6.45, 7) is 2.15. The van der Waals surface area contributed by atoms with E-state index >= 15 is 0 Å². The zero-order valence-corrected chi connectivity index (χ0v) is 11.9. The maximum atomic E-state index is 6.16. The summed E-state index contributed by atoms with van der Waals surface area (Å²) in [6.07, 6.45) is 2.26. The van der Waals surface area contributed by atoms with Crippen molar-refractivity contribution >= 4 is 11.6 Å². The molecule has 0 spiro atoms. The first-order valence-electron chi connectivity index (χ1n) is 6.64. The summed E-state index contributed by atoms with van der Waals surface area (Å²) in [5.74, 6) is 2.29. The Balaban J connectivity index is 1.65. The van der Waals surface area contributed by atoms with E-state index in [1.165, 1.54) is 0 Å². The lowest BCUT2D eigenvalue weighted by molar-refractivity contribution is 0.285. The molecule has 3 rings (SSSR count). The van der Waals surface area contributed by atoms with Crippen molar-refractivity contribution in [2.75, 3.05) is 0 Å². The van der Waals surface area contributed by atoms with Crippen molar-refractivity contribution in [3.63, 3.8) is 0 Å². The number of nitrogens with two attached hydrogens (primary N) is 1. The first kappa shape index (κ1) is 13.4. The van der Waals surface area contributed by atoms with Gasteiger partial charge in [0, 0.05) is 12.0 Å². The number of nitrogens with zero attached hydrogens (tertiary/aromatic N) is 2. The van der Waals surface area contributed by atoms with Gasteiger partial charge in [-0.2, -0.15) is 4.98 Å². The zero-order chi connectivity index (χ0) is 14.1. The van der Waals surface area contributed by atoms with Gasteiger partial charge in [-0.05, 0) is 37.5 Å². The van der Waals surface area contributed by atoms with Crippen molar-refractivity contribution in [2.24, 2.45) is 5.73 Å². The van der Waals surface area contributed by atoms with E-state index in [4.69, 9.17) is 26.6 Å². The summed E-state index contributed by atoms with van der Waals surface area (Å²) in [5, 5.41) is 4.43. The Hall–Kier alpha value is -1.59. The van der Waals surface area contributed by atoms with Gasteiger partial charge in [0.15, 0.2) is 6.61 Å². The van der Waals surface area contributed by atoms with E-state index in [2.05, 4.69) is 10.1 Å². The van der Waals surface area contributed by atoms with E-state index in [1.807, 2.05) is 25.1 Å². The molecule has 0 saturated heterocycles. The third-order valence-corrected chi connectivity index (χ3v) is 3.54.